The van der Waals surface area contributed by atoms with Gasteiger partial charge in [0.25, 0.3) is 0 Å². The molecule has 0 aromatic heterocycles. The topological polar surface area (TPSA) is 44.5 Å². The van der Waals surface area contributed by atoms with Gasteiger partial charge in [0.15, 0.2) is 0 Å². The predicted molar refractivity (Wildman–Crippen MR) is 68.7 cm³/mol. The van der Waals surface area contributed by atoms with Crippen LogP contribution in [0.4, 0.5) is 0 Å². The van der Waals surface area contributed by atoms with E-state index in [1.807, 2.05) is 32.0 Å². The number of ether oxygens (including phenoxy) is 2. The molecule has 0 aliphatic rings. The van der Waals surface area contributed by atoms with Crippen molar-refractivity contribution < 1.29 is 9.47 Å². The first-order valence-electron chi connectivity index (χ1n) is 5.40. The van der Waals surface area contributed by atoms with Crippen LogP contribution in [-0.4, -0.2) is 19.8 Å². The van der Waals surface area contributed by atoms with Crippen LogP contribution in [0.5, 0.6) is 5.75 Å². The fraction of sp³-hybridized carbons (Fsp3) is 0.500. The van der Waals surface area contributed by atoms with Gasteiger partial charge in [-0.2, -0.15) is 0 Å². The van der Waals surface area contributed by atoms with Crippen molar-refractivity contribution in [3.8, 4) is 5.75 Å². The molecule has 0 saturated heterocycles. The molecule has 4 heteroatoms. The van der Waals surface area contributed by atoms with Crippen molar-refractivity contribution in [1.29, 1.82) is 0 Å². The second-order valence-corrected chi connectivity index (χ2v) is 4.38. The quantitative estimate of drug-likeness (QED) is 0.819. The zero-order valence-electron chi connectivity index (χ0n) is 9.70. The van der Waals surface area contributed by atoms with Gasteiger partial charge >= 0.3 is 0 Å². The van der Waals surface area contributed by atoms with Gasteiger partial charge in [0.1, 0.15) is 12.4 Å². The van der Waals surface area contributed by atoms with E-state index in [1.54, 1.807) is 0 Å². The third kappa shape index (κ3) is 4.12. The maximum absolute atomic E-state index is 5.79. The standard InChI is InChI=1S/C12H18BrNO2/c1-3-15-6-7-16-12-5-4-10(9(2)14)8-11(12)13/h4-5,8-9H,3,6-7,14H2,1-2H3/t9-/m1/s1. The summed E-state index contributed by atoms with van der Waals surface area (Å²) in [6, 6.07) is 5.93. The molecule has 90 valence electrons. The van der Waals surface area contributed by atoms with Crippen LogP contribution in [0.15, 0.2) is 22.7 Å². The highest BCUT2D eigenvalue weighted by Gasteiger charge is 2.05. The molecule has 0 saturated carbocycles. The van der Waals surface area contributed by atoms with Crippen molar-refractivity contribution in [2.75, 3.05) is 19.8 Å². The van der Waals surface area contributed by atoms with Crippen LogP contribution >= 0.6 is 15.9 Å². The molecule has 3 nitrogen and oxygen atoms in total. The van der Waals surface area contributed by atoms with E-state index in [1.165, 1.54) is 0 Å². The minimum Gasteiger partial charge on any atom is -0.490 e. The highest BCUT2D eigenvalue weighted by atomic mass is 79.9. The molecule has 0 radical (unpaired) electrons. The van der Waals surface area contributed by atoms with E-state index < -0.39 is 0 Å². The van der Waals surface area contributed by atoms with Gasteiger partial charge in [-0.25, -0.2) is 0 Å². The zero-order chi connectivity index (χ0) is 12.0. The third-order valence-corrected chi connectivity index (χ3v) is 2.79. The van der Waals surface area contributed by atoms with Gasteiger partial charge in [-0.05, 0) is 47.5 Å². The van der Waals surface area contributed by atoms with Crippen LogP contribution in [0.1, 0.15) is 25.5 Å². The minimum absolute atomic E-state index is 0.0359. The SMILES string of the molecule is CCOCCOc1ccc([C@@H](C)N)cc1Br. The molecule has 0 aliphatic heterocycles. The Hall–Kier alpha value is -0.580. The summed E-state index contributed by atoms with van der Waals surface area (Å²) in [4.78, 5) is 0. The van der Waals surface area contributed by atoms with Crippen LogP contribution in [-0.2, 0) is 4.74 Å². The molecule has 1 aromatic rings. The van der Waals surface area contributed by atoms with Gasteiger partial charge in [0.2, 0.25) is 0 Å². The predicted octanol–water partition coefficient (Wildman–Crippen LogP) is 2.88. The van der Waals surface area contributed by atoms with E-state index in [0.717, 1.165) is 15.8 Å². The summed E-state index contributed by atoms with van der Waals surface area (Å²) in [6.07, 6.45) is 0. The Bertz CT molecular complexity index is 329. The highest BCUT2D eigenvalue weighted by molar-refractivity contribution is 9.10. The molecule has 2 N–H and O–H groups in total. The lowest BCUT2D eigenvalue weighted by Crippen LogP contribution is -2.08. The summed E-state index contributed by atoms with van der Waals surface area (Å²) >= 11 is 3.46. The fourth-order valence-corrected chi connectivity index (χ4v) is 1.78. The van der Waals surface area contributed by atoms with Crippen molar-refractivity contribution in [1.82, 2.24) is 0 Å². The van der Waals surface area contributed by atoms with Gasteiger partial charge in [-0.15, -0.1) is 0 Å². The summed E-state index contributed by atoms with van der Waals surface area (Å²) < 4.78 is 11.7. The number of halogens is 1. The van der Waals surface area contributed by atoms with Gasteiger partial charge in [-0.1, -0.05) is 6.07 Å². The van der Waals surface area contributed by atoms with Gasteiger partial charge < -0.3 is 15.2 Å². The Labute approximate surface area is 105 Å². The Morgan fingerprint density at radius 3 is 2.69 bits per heavy atom. The Kier molecular flexibility index (Phi) is 5.80. The molecule has 1 rings (SSSR count). The molecule has 0 fully saturated rings. The molecule has 0 spiro atoms. The van der Waals surface area contributed by atoms with E-state index in [4.69, 9.17) is 15.2 Å². The lowest BCUT2D eigenvalue weighted by atomic mass is 10.1. The van der Waals surface area contributed by atoms with E-state index in [2.05, 4.69) is 15.9 Å². The Balaban J connectivity index is 2.54. The summed E-state index contributed by atoms with van der Waals surface area (Å²) in [5.74, 6) is 0.823. The van der Waals surface area contributed by atoms with Crippen molar-refractivity contribution in [3.63, 3.8) is 0 Å². The van der Waals surface area contributed by atoms with Crippen LogP contribution in [0.25, 0.3) is 0 Å². The molecule has 0 heterocycles. The molecule has 1 atom stereocenters. The second kappa shape index (κ2) is 6.89. The largest absolute Gasteiger partial charge is 0.490 e. The number of rotatable bonds is 6. The van der Waals surface area contributed by atoms with Crippen molar-refractivity contribution in [3.05, 3.63) is 28.2 Å². The summed E-state index contributed by atoms with van der Waals surface area (Å²) in [7, 11) is 0. The number of hydrogen-bond donors (Lipinski definition) is 1. The Morgan fingerprint density at radius 2 is 2.12 bits per heavy atom. The number of nitrogens with two attached hydrogens (primary N) is 1. The minimum atomic E-state index is 0.0359. The lowest BCUT2D eigenvalue weighted by molar-refractivity contribution is 0.110. The fourth-order valence-electron chi connectivity index (χ4n) is 1.27. The molecule has 0 amide bonds. The molecular formula is C12H18BrNO2. The molecule has 0 unspecified atom stereocenters. The maximum Gasteiger partial charge on any atom is 0.133 e. The summed E-state index contributed by atoms with van der Waals surface area (Å²) in [5, 5.41) is 0. The number of benzene rings is 1. The van der Waals surface area contributed by atoms with Crippen LogP contribution in [0.3, 0.4) is 0 Å². The molecule has 16 heavy (non-hydrogen) atoms. The van der Waals surface area contributed by atoms with Crippen LogP contribution in [0, 0.1) is 0 Å². The van der Waals surface area contributed by atoms with Crippen molar-refractivity contribution >= 4 is 15.9 Å². The maximum atomic E-state index is 5.79. The van der Waals surface area contributed by atoms with E-state index in [9.17, 15) is 0 Å². The van der Waals surface area contributed by atoms with E-state index in [0.29, 0.717) is 19.8 Å². The van der Waals surface area contributed by atoms with Gasteiger partial charge in [0, 0.05) is 12.6 Å². The average Bonchev–Trinajstić information content (AvgIpc) is 2.26. The third-order valence-electron chi connectivity index (χ3n) is 2.17. The summed E-state index contributed by atoms with van der Waals surface area (Å²) in [5.41, 5.74) is 6.88. The number of hydrogen-bond acceptors (Lipinski definition) is 3. The lowest BCUT2D eigenvalue weighted by Gasteiger charge is -2.11. The van der Waals surface area contributed by atoms with Crippen LogP contribution in [0.2, 0.25) is 0 Å². The van der Waals surface area contributed by atoms with Gasteiger partial charge in [0.05, 0.1) is 11.1 Å². The first kappa shape index (κ1) is 13.5. The monoisotopic (exact) mass is 287 g/mol. The first-order chi connectivity index (χ1) is 7.65. The molecular weight excluding hydrogens is 270 g/mol. The van der Waals surface area contributed by atoms with E-state index >= 15 is 0 Å². The Morgan fingerprint density at radius 1 is 1.38 bits per heavy atom. The average molecular weight is 288 g/mol. The van der Waals surface area contributed by atoms with Crippen molar-refractivity contribution in [2.45, 2.75) is 19.9 Å². The smallest absolute Gasteiger partial charge is 0.133 e. The highest BCUT2D eigenvalue weighted by Crippen LogP contribution is 2.27. The normalized spacial score (nSPS) is 12.5. The molecule has 1 aromatic carbocycles. The molecule has 0 bridgehead atoms. The second-order valence-electron chi connectivity index (χ2n) is 3.52. The first-order valence-corrected chi connectivity index (χ1v) is 6.20. The molecule has 0 aliphatic carbocycles. The van der Waals surface area contributed by atoms with Gasteiger partial charge in [-0.3, -0.25) is 0 Å². The van der Waals surface area contributed by atoms with E-state index in [-0.39, 0.29) is 6.04 Å². The van der Waals surface area contributed by atoms with Crippen LogP contribution < -0.4 is 10.5 Å². The summed E-state index contributed by atoms with van der Waals surface area (Å²) in [6.45, 7) is 5.81. The van der Waals surface area contributed by atoms with Crippen molar-refractivity contribution in [2.24, 2.45) is 5.73 Å². The zero-order valence-corrected chi connectivity index (χ0v) is 11.3.